The summed E-state index contributed by atoms with van der Waals surface area (Å²) in [5.74, 6) is -0.122. The van der Waals surface area contributed by atoms with E-state index in [2.05, 4.69) is 9.97 Å². The summed E-state index contributed by atoms with van der Waals surface area (Å²) in [6.07, 6.45) is 1.22. The van der Waals surface area contributed by atoms with Gasteiger partial charge in [0, 0.05) is 17.0 Å². The quantitative estimate of drug-likeness (QED) is 0.334. The van der Waals surface area contributed by atoms with Gasteiger partial charge in [-0.25, -0.2) is 9.78 Å². The number of aliphatic hydroxyl groups is 1. The van der Waals surface area contributed by atoms with Crippen LogP contribution in [0.4, 0.5) is 0 Å². The summed E-state index contributed by atoms with van der Waals surface area (Å²) >= 11 is 0. The summed E-state index contributed by atoms with van der Waals surface area (Å²) < 4.78 is 5.24. The van der Waals surface area contributed by atoms with Crippen molar-refractivity contribution in [1.82, 2.24) is 9.97 Å². The highest BCUT2D eigenvalue weighted by Gasteiger charge is 2.12. The molecule has 25 heavy (non-hydrogen) atoms. The Balaban J connectivity index is 1.97. The highest BCUT2D eigenvalue weighted by atomic mass is 16.4. The normalized spacial score (nSPS) is 11.9. The molecule has 2 heterocycles. The fraction of sp³-hybridized carbons (Fsp3) is 0. The van der Waals surface area contributed by atoms with Crippen LogP contribution in [0.15, 0.2) is 68.6 Å². The van der Waals surface area contributed by atoms with Crippen LogP contribution in [0, 0.1) is 0 Å². The lowest BCUT2D eigenvalue weighted by Crippen LogP contribution is -2.16. The van der Waals surface area contributed by atoms with Crippen LogP contribution in [-0.4, -0.2) is 15.1 Å². The first-order valence-electron chi connectivity index (χ1n) is 7.55. The lowest BCUT2D eigenvalue weighted by molar-refractivity contribution is 0.515. The van der Waals surface area contributed by atoms with Gasteiger partial charge in [-0.2, -0.15) is 0 Å². The maximum absolute atomic E-state index is 12.3. The molecule has 122 valence electrons. The lowest BCUT2D eigenvalue weighted by atomic mass is 10.1. The zero-order chi connectivity index (χ0) is 17.4. The van der Waals surface area contributed by atoms with Crippen LogP contribution < -0.4 is 11.2 Å². The van der Waals surface area contributed by atoms with Crippen molar-refractivity contribution in [3.05, 3.63) is 86.6 Å². The summed E-state index contributed by atoms with van der Waals surface area (Å²) in [5.41, 5.74) is -0.0122. The number of hydrogen-bond donors (Lipinski definition) is 2. The van der Waals surface area contributed by atoms with Gasteiger partial charge in [0.15, 0.2) is 5.52 Å². The highest BCUT2D eigenvalue weighted by Crippen LogP contribution is 2.19. The van der Waals surface area contributed by atoms with Gasteiger partial charge in [-0.1, -0.05) is 42.5 Å². The molecule has 0 bridgehead atoms. The van der Waals surface area contributed by atoms with Crippen LogP contribution in [0.3, 0.4) is 0 Å². The largest absolute Gasteiger partial charge is 0.507 e. The van der Waals surface area contributed by atoms with E-state index in [0.717, 1.165) is 0 Å². The molecular weight excluding hydrogens is 320 g/mol. The van der Waals surface area contributed by atoms with Gasteiger partial charge in [-0.05, 0) is 12.1 Å². The predicted octanol–water partition coefficient (Wildman–Crippen LogP) is 3.09. The van der Waals surface area contributed by atoms with Crippen molar-refractivity contribution >= 4 is 33.8 Å². The second-order valence-electron chi connectivity index (χ2n) is 5.46. The molecule has 0 saturated heterocycles. The number of para-hydroxylation sites is 1. The van der Waals surface area contributed by atoms with E-state index in [-0.39, 0.29) is 17.0 Å². The van der Waals surface area contributed by atoms with Gasteiger partial charge in [0.2, 0.25) is 0 Å². The number of benzene rings is 2. The predicted molar refractivity (Wildman–Crippen MR) is 95.3 cm³/mol. The van der Waals surface area contributed by atoms with E-state index in [1.165, 1.54) is 6.08 Å². The molecule has 4 aromatic rings. The van der Waals surface area contributed by atoms with Crippen molar-refractivity contribution < 1.29 is 9.52 Å². The summed E-state index contributed by atoms with van der Waals surface area (Å²) in [6.45, 7) is 0. The summed E-state index contributed by atoms with van der Waals surface area (Å²) in [7, 11) is 0. The van der Waals surface area contributed by atoms with Crippen molar-refractivity contribution in [3.63, 3.8) is 0 Å². The van der Waals surface area contributed by atoms with Crippen molar-refractivity contribution in [3.8, 4) is 0 Å². The van der Waals surface area contributed by atoms with Crippen molar-refractivity contribution in [2.24, 2.45) is 0 Å². The van der Waals surface area contributed by atoms with E-state index >= 15 is 0 Å². The standard InChI is InChI=1S/C19H12N2O4/c22-14(11-6-2-1-3-7-11)10-13-18(23)21-16-12-8-4-5-9-15(12)25-19(24)17(16)20-13/h1-10,22H,(H,21,23)/b14-10-. The number of nitrogens with one attached hydrogen (secondary N) is 1. The Morgan fingerprint density at radius 2 is 1.76 bits per heavy atom. The Hall–Kier alpha value is -3.67. The Labute approximate surface area is 140 Å². The third kappa shape index (κ3) is 2.59. The summed E-state index contributed by atoms with van der Waals surface area (Å²) in [4.78, 5) is 31.3. The molecule has 2 aromatic carbocycles. The summed E-state index contributed by atoms with van der Waals surface area (Å²) in [6, 6.07) is 15.6. The van der Waals surface area contributed by atoms with Crippen molar-refractivity contribution in [2.45, 2.75) is 0 Å². The van der Waals surface area contributed by atoms with Crippen molar-refractivity contribution in [2.75, 3.05) is 0 Å². The third-order valence-corrected chi connectivity index (χ3v) is 3.84. The molecule has 0 aliphatic heterocycles. The Bertz CT molecular complexity index is 1240. The monoisotopic (exact) mass is 332 g/mol. The maximum atomic E-state index is 12.3. The lowest BCUT2D eigenvalue weighted by Gasteiger charge is -2.03. The number of rotatable bonds is 2. The zero-order valence-corrected chi connectivity index (χ0v) is 12.9. The minimum atomic E-state index is -0.654. The molecule has 0 aliphatic rings. The molecule has 2 N–H and O–H groups in total. The van der Waals surface area contributed by atoms with Crippen molar-refractivity contribution in [1.29, 1.82) is 0 Å². The van der Waals surface area contributed by atoms with Gasteiger partial charge in [-0.3, -0.25) is 4.79 Å². The smallest absolute Gasteiger partial charge is 0.364 e. The van der Waals surface area contributed by atoms with E-state index in [9.17, 15) is 14.7 Å². The molecule has 0 amide bonds. The average Bonchev–Trinajstić information content (AvgIpc) is 2.63. The fourth-order valence-corrected chi connectivity index (χ4v) is 2.64. The molecule has 0 unspecified atom stereocenters. The average molecular weight is 332 g/mol. The number of H-pyrrole nitrogens is 1. The number of aromatic amines is 1. The summed E-state index contributed by atoms with van der Waals surface area (Å²) in [5, 5.41) is 10.8. The van der Waals surface area contributed by atoms with Crippen LogP contribution in [0.25, 0.3) is 33.8 Å². The molecule has 0 radical (unpaired) electrons. The van der Waals surface area contributed by atoms with Gasteiger partial charge in [0.25, 0.3) is 5.56 Å². The fourth-order valence-electron chi connectivity index (χ4n) is 2.64. The minimum Gasteiger partial charge on any atom is -0.507 e. The van der Waals surface area contributed by atoms with Crippen LogP contribution in [0.2, 0.25) is 0 Å². The van der Waals surface area contributed by atoms with E-state index in [1.807, 2.05) is 6.07 Å². The van der Waals surface area contributed by atoms with Gasteiger partial charge < -0.3 is 14.5 Å². The molecule has 4 rings (SSSR count). The van der Waals surface area contributed by atoms with Crippen LogP contribution in [-0.2, 0) is 0 Å². The van der Waals surface area contributed by atoms with E-state index < -0.39 is 11.2 Å². The molecule has 0 saturated carbocycles. The zero-order valence-electron chi connectivity index (χ0n) is 12.9. The second kappa shape index (κ2) is 5.76. The molecular formula is C19H12N2O4. The highest BCUT2D eigenvalue weighted by molar-refractivity contribution is 6.00. The van der Waals surface area contributed by atoms with Gasteiger partial charge in [0.1, 0.15) is 17.0 Å². The van der Waals surface area contributed by atoms with Gasteiger partial charge in [-0.15, -0.1) is 0 Å². The minimum absolute atomic E-state index is 0.00501. The van der Waals surface area contributed by atoms with Crippen LogP contribution in [0.1, 0.15) is 11.3 Å². The molecule has 2 aromatic heterocycles. The first-order valence-corrected chi connectivity index (χ1v) is 7.55. The molecule has 0 atom stereocenters. The molecule has 0 spiro atoms. The van der Waals surface area contributed by atoms with Crippen LogP contribution in [0.5, 0.6) is 0 Å². The molecule has 6 heteroatoms. The first-order chi connectivity index (χ1) is 12.1. The maximum Gasteiger partial charge on any atom is 0.364 e. The Morgan fingerprint density at radius 3 is 2.56 bits per heavy atom. The van der Waals surface area contributed by atoms with E-state index in [4.69, 9.17) is 4.42 Å². The second-order valence-corrected chi connectivity index (χ2v) is 5.46. The van der Waals surface area contributed by atoms with E-state index in [1.54, 1.807) is 48.5 Å². The Kier molecular flexibility index (Phi) is 3.43. The number of aliphatic hydroxyl groups excluding tert-OH is 1. The molecule has 6 nitrogen and oxygen atoms in total. The van der Waals surface area contributed by atoms with E-state index in [0.29, 0.717) is 22.0 Å². The van der Waals surface area contributed by atoms with Crippen LogP contribution >= 0.6 is 0 Å². The topological polar surface area (TPSA) is 96.2 Å². The number of nitrogens with zero attached hydrogens (tertiary/aromatic N) is 1. The first kappa shape index (κ1) is 14.9. The number of fused-ring (bicyclic) bond motifs is 3. The number of aromatic nitrogens is 2. The third-order valence-electron chi connectivity index (χ3n) is 3.84. The molecule has 0 fully saturated rings. The van der Waals surface area contributed by atoms with Gasteiger partial charge in [0.05, 0.1) is 5.52 Å². The molecule has 0 aliphatic carbocycles. The Morgan fingerprint density at radius 1 is 1.04 bits per heavy atom. The SMILES string of the molecule is O=c1[nH]c2c(nc1/C=C(\O)c1ccccc1)c(=O)oc1ccccc12. The van der Waals surface area contributed by atoms with Gasteiger partial charge >= 0.3 is 5.63 Å². The number of hydrogen-bond acceptors (Lipinski definition) is 5.